The van der Waals surface area contributed by atoms with Crippen LogP contribution in [0.1, 0.15) is 30.7 Å². The van der Waals surface area contributed by atoms with Crippen molar-refractivity contribution in [1.29, 1.82) is 0 Å². The predicted molar refractivity (Wildman–Crippen MR) is 98.6 cm³/mol. The van der Waals surface area contributed by atoms with E-state index in [1.54, 1.807) is 34.5 Å². The number of nitrogens with zero attached hydrogens (tertiary/aromatic N) is 4. The number of aromatic nitrogens is 3. The first kappa shape index (κ1) is 18.2. The molecule has 0 aliphatic carbocycles. The highest BCUT2D eigenvalue weighted by Gasteiger charge is 2.16. The van der Waals surface area contributed by atoms with Crippen LogP contribution >= 0.6 is 0 Å². The molecule has 0 spiro atoms. The molecule has 0 saturated carbocycles. The maximum atomic E-state index is 13.6. The molecule has 3 rings (SSSR count). The molecule has 0 amide bonds. The highest BCUT2D eigenvalue weighted by Crippen LogP contribution is 2.09. The van der Waals surface area contributed by atoms with Gasteiger partial charge >= 0.3 is 5.69 Å². The molecule has 7 nitrogen and oxygen atoms in total. The van der Waals surface area contributed by atoms with E-state index in [-0.39, 0.29) is 11.5 Å². The van der Waals surface area contributed by atoms with Crippen LogP contribution in [0.4, 0.5) is 4.39 Å². The van der Waals surface area contributed by atoms with E-state index in [9.17, 15) is 9.18 Å². The Morgan fingerprint density at radius 1 is 1.31 bits per heavy atom. The molecule has 1 aromatic heterocycles. The third-order valence-electron chi connectivity index (χ3n) is 4.50. The van der Waals surface area contributed by atoms with Crippen LogP contribution in [0, 0.1) is 5.82 Å². The van der Waals surface area contributed by atoms with Gasteiger partial charge in [-0.05, 0) is 25.3 Å². The van der Waals surface area contributed by atoms with Crippen molar-refractivity contribution in [3.8, 4) is 0 Å². The minimum Gasteiger partial charge on any atom is -0.356 e. The van der Waals surface area contributed by atoms with Crippen molar-refractivity contribution in [1.82, 2.24) is 25.0 Å². The number of aryl methyl sites for hydroxylation is 2. The Balaban J connectivity index is 1.44. The molecule has 1 aliphatic heterocycles. The summed E-state index contributed by atoms with van der Waals surface area (Å²) in [6.45, 7) is 2.35. The van der Waals surface area contributed by atoms with Gasteiger partial charge in [-0.15, -0.1) is 0 Å². The summed E-state index contributed by atoms with van der Waals surface area (Å²) in [5.74, 6) is 1.26. The van der Waals surface area contributed by atoms with Gasteiger partial charge in [0.05, 0.1) is 0 Å². The fourth-order valence-corrected chi connectivity index (χ4v) is 3.07. The molecule has 0 fully saturated rings. The fourth-order valence-electron chi connectivity index (χ4n) is 3.07. The summed E-state index contributed by atoms with van der Waals surface area (Å²) < 4.78 is 17.0. The highest BCUT2D eigenvalue weighted by atomic mass is 19.1. The van der Waals surface area contributed by atoms with Crippen molar-refractivity contribution >= 4 is 5.96 Å². The normalized spacial score (nSPS) is 14.2. The van der Waals surface area contributed by atoms with Crippen molar-refractivity contribution in [2.75, 3.05) is 13.6 Å². The second-order valence-electron chi connectivity index (χ2n) is 6.33. The van der Waals surface area contributed by atoms with E-state index in [0.717, 1.165) is 38.1 Å². The van der Waals surface area contributed by atoms with Crippen molar-refractivity contribution in [3.05, 3.63) is 52.0 Å². The molecule has 26 heavy (non-hydrogen) atoms. The van der Waals surface area contributed by atoms with Crippen LogP contribution in [-0.4, -0.2) is 33.9 Å². The summed E-state index contributed by atoms with van der Waals surface area (Å²) in [6.07, 6.45) is 3.77. The summed E-state index contributed by atoms with van der Waals surface area (Å²) in [5, 5.41) is 10.7. The number of guanidine groups is 1. The average Bonchev–Trinajstić information content (AvgIpc) is 2.98. The summed E-state index contributed by atoms with van der Waals surface area (Å²) in [5.41, 5.74) is 0.576. The van der Waals surface area contributed by atoms with Gasteiger partial charge in [0.15, 0.2) is 5.96 Å². The number of aliphatic imine (C=N–C) groups is 1. The van der Waals surface area contributed by atoms with Gasteiger partial charge in [-0.25, -0.2) is 13.9 Å². The summed E-state index contributed by atoms with van der Waals surface area (Å²) >= 11 is 0. The molecule has 8 heteroatoms. The van der Waals surface area contributed by atoms with E-state index >= 15 is 0 Å². The van der Waals surface area contributed by atoms with Crippen LogP contribution in [0.15, 0.2) is 34.1 Å². The standard InChI is InChI=1S/C18H25FN6O/c1-20-17(22-13-14-7-2-3-8-15(14)19)21-10-6-12-25-18(26)24-11-5-4-9-16(24)23-25/h2-3,7-8H,4-6,9-13H2,1H3,(H2,20,21,22). The quantitative estimate of drug-likeness (QED) is 0.462. The van der Waals surface area contributed by atoms with Crippen LogP contribution < -0.4 is 16.3 Å². The number of benzene rings is 1. The lowest BCUT2D eigenvalue weighted by Gasteiger charge is -2.12. The zero-order valence-electron chi connectivity index (χ0n) is 15.0. The van der Waals surface area contributed by atoms with Gasteiger partial charge in [0.2, 0.25) is 0 Å². The van der Waals surface area contributed by atoms with Gasteiger partial charge in [-0.2, -0.15) is 5.10 Å². The van der Waals surface area contributed by atoms with Crippen LogP contribution in [0.5, 0.6) is 0 Å². The van der Waals surface area contributed by atoms with E-state index in [1.807, 2.05) is 0 Å². The summed E-state index contributed by atoms with van der Waals surface area (Å²) in [7, 11) is 1.67. The van der Waals surface area contributed by atoms with Crippen LogP contribution in [0.25, 0.3) is 0 Å². The Kier molecular flexibility index (Phi) is 6.04. The molecule has 0 unspecified atom stereocenters. The number of halogens is 1. The van der Waals surface area contributed by atoms with Crippen LogP contribution in [-0.2, 0) is 26.1 Å². The van der Waals surface area contributed by atoms with E-state index in [2.05, 4.69) is 20.7 Å². The maximum absolute atomic E-state index is 13.6. The lowest BCUT2D eigenvalue weighted by molar-refractivity contribution is 0.509. The first-order valence-electron chi connectivity index (χ1n) is 9.03. The Morgan fingerprint density at radius 3 is 2.92 bits per heavy atom. The number of fused-ring (bicyclic) bond motifs is 1. The molecule has 140 valence electrons. The van der Waals surface area contributed by atoms with Gasteiger partial charge < -0.3 is 10.6 Å². The molecule has 2 aromatic rings. The summed E-state index contributed by atoms with van der Waals surface area (Å²) in [6, 6.07) is 6.65. The Bertz CT molecular complexity index is 825. The average molecular weight is 360 g/mol. The van der Waals surface area contributed by atoms with Gasteiger partial charge in [0.1, 0.15) is 11.6 Å². The molecule has 2 heterocycles. The lowest BCUT2D eigenvalue weighted by Crippen LogP contribution is -2.38. The Morgan fingerprint density at radius 2 is 2.15 bits per heavy atom. The van der Waals surface area contributed by atoms with E-state index in [4.69, 9.17) is 0 Å². The van der Waals surface area contributed by atoms with Gasteiger partial charge in [0, 0.05) is 45.2 Å². The molecule has 1 aromatic carbocycles. The first-order chi connectivity index (χ1) is 12.7. The minimum absolute atomic E-state index is 0.0123. The topological polar surface area (TPSA) is 76.2 Å². The number of nitrogens with one attached hydrogen (secondary N) is 2. The van der Waals surface area contributed by atoms with E-state index < -0.39 is 0 Å². The van der Waals surface area contributed by atoms with Crippen molar-refractivity contribution in [3.63, 3.8) is 0 Å². The molecular formula is C18H25FN6O. The zero-order chi connectivity index (χ0) is 18.4. The van der Waals surface area contributed by atoms with Crippen LogP contribution in [0.3, 0.4) is 0 Å². The van der Waals surface area contributed by atoms with Crippen molar-refractivity contribution in [2.45, 2.75) is 45.3 Å². The van der Waals surface area contributed by atoms with E-state index in [1.165, 1.54) is 6.07 Å². The molecule has 0 atom stereocenters. The molecule has 0 bridgehead atoms. The van der Waals surface area contributed by atoms with Crippen molar-refractivity contribution < 1.29 is 4.39 Å². The third-order valence-corrected chi connectivity index (χ3v) is 4.50. The second kappa shape index (κ2) is 8.64. The van der Waals surface area contributed by atoms with Gasteiger partial charge in [0.25, 0.3) is 0 Å². The SMILES string of the molecule is CN=C(NCCCn1nc2n(c1=O)CCCC2)NCc1ccccc1F. The third kappa shape index (κ3) is 4.30. The van der Waals surface area contributed by atoms with Gasteiger partial charge in [-0.3, -0.25) is 9.56 Å². The Hall–Kier alpha value is -2.64. The smallest absolute Gasteiger partial charge is 0.345 e. The highest BCUT2D eigenvalue weighted by molar-refractivity contribution is 5.79. The monoisotopic (exact) mass is 360 g/mol. The number of hydrogen-bond acceptors (Lipinski definition) is 3. The van der Waals surface area contributed by atoms with E-state index in [0.29, 0.717) is 31.2 Å². The molecule has 1 aliphatic rings. The Labute approximate surface area is 151 Å². The summed E-state index contributed by atoms with van der Waals surface area (Å²) in [4.78, 5) is 16.4. The molecule has 0 saturated heterocycles. The largest absolute Gasteiger partial charge is 0.356 e. The fraction of sp³-hybridized carbons (Fsp3) is 0.500. The lowest BCUT2D eigenvalue weighted by atomic mass is 10.2. The zero-order valence-corrected chi connectivity index (χ0v) is 15.0. The molecule has 0 radical (unpaired) electrons. The molecular weight excluding hydrogens is 335 g/mol. The van der Waals surface area contributed by atoms with Crippen LogP contribution in [0.2, 0.25) is 0 Å². The van der Waals surface area contributed by atoms with Crippen molar-refractivity contribution in [2.24, 2.45) is 4.99 Å². The molecule has 2 N–H and O–H groups in total. The van der Waals surface area contributed by atoms with Gasteiger partial charge in [-0.1, -0.05) is 18.2 Å². The minimum atomic E-state index is -0.237. The number of rotatable bonds is 6. The second-order valence-corrected chi connectivity index (χ2v) is 6.33. The first-order valence-corrected chi connectivity index (χ1v) is 9.03. The number of hydrogen-bond donors (Lipinski definition) is 2. The predicted octanol–water partition coefficient (Wildman–Crippen LogP) is 1.28. The maximum Gasteiger partial charge on any atom is 0.345 e.